The fraction of sp³-hybridized carbons (Fsp3) is 0.158. The summed E-state index contributed by atoms with van der Waals surface area (Å²) in [6.45, 7) is 1.62. The summed E-state index contributed by atoms with van der Waals surface area (Å²) >= 11 is 0. The Bertz CT molecular complexity index is 974. The van der Waals surface area contributed by atoms with Crippen LogP contribution in [0.4, 0.5) is 5.69 Å². The normalized spacial score (nSPS) is 11.6. The third-order valence-corrected chi connectivity index (χ3v) is 3.84. The zero-order valence-corrected chi connectivity index (χ0v) is 14.8. The van der Waals surface area contributed by atoms with Gasteiger partial charge >= 0.3 is 5.97 Å². The zero-order valence-electron chi connectivity index (χ0n) is 14.8. The lowest BCUT2D eigenvalue weighted by atomic mass is 10.1. The molecule has 144 valence electrons. The number of nitrogens with zero attached hydrogens (tertiary/aromatic N) is 1. The lowest BCUT2D eigenvalue weighted by Gasteiger charge is -2.12. The molecular weight excluding hydrogens is 368 g/mol. The van der Waals surface area contributed by atoms with Crippen molar-refractivity contribution in [3.8, 4) is 11.3 Å². The minimum absolute atomic E-state index is 0.0516. The van der Waals surface area contributed by atoms with E-state index in [0.29, 0.717) is 17.1 Å². The van der Waals surface area contributed by atoms with Gasteiger partial charge in [0.15, 0.2) is 6.10 Å². The van der Waals surface area contributed by atoms with Gasteiger partial charge in [0.05, 0.1) is 17.7 Å². The van der Waals surface area contributed by atoms with Crippen molar-refractivity contribution in [1.29, 1.82) is 0 Å². The number of esters is 1. The smallest absolute Gasteiger partial charge is 0.375 e. The number of furan rings is 2. The first-order valence-corrected chi connectivity index (χ1v) is 8.30. The standard InChI is InChI=1S/C19H16N2O7/c1-12(18(22)20-11-15-3-2-10-26-15)27-19(23)17-9-8-16(28-17)13-4-6-14(7-5-13)21(24)25/h2-10,12H,11H2,1H3,(H,20,22). The van der Waals surface area contributed by atoms with E-state index < -0.39 is 22.9 Å². The molecule has 0 radical (unpaired) electrons. The number of non-ortho nitro benzene ring substituents is 1. The maximum atomic E-state index is 12.2. The van der Waals surface area contributed by atoms with Gasteiger partial charge in [0.2, 0.25) is 5.76 Å². The number of carbonyl (C=O) groups is 2. The molecule has 0 fully saturated rings. The van der Waals surface area contributed by atoms with Gasteiger partial charge in [0.25, 0.3) is 11.6 Å². The number of hydrogen-bond donors (Lipinski definition) is 1. The van der Waals surface area contributed by atoms with E-state index in [9.17, 15) is 19.7 Å². The summed E-state index contributed by atoms with van der Waals surface area (Å²) in [7, 11) is 0. The molecule has 9 heteroatoms. The first kappa shape index (κ1) is 18.9. The van der Waals surface area contributed by atoms with Crippen molar-refractivity contribution in [3.05, 3.63) is 76.4 Å². The molecule has 1 amide bonds. The Hall–Kier alpha value is -3.88. The monoisotopic (exact) mass is 384 g/mol. The Labute approximate surface area is 159 Å². The molecule has 0 saturated carbocycles. The topological polar surface area (TPSA) is 125 Å². The van der Waals surface area contributed by atoms with Crippen molar-refractivity contribution in [3.63, 3.8) is 0 Å². The number of hydrogen-bond acceptors (Lipinski definition) is 7. The molecule has 1 atom stereocenters. The van der Waals surface area contributed by atoms with Crippen LogP contribution in [-0.4, -0.2) is 22.9 Å². The van der Waals surface area contributed by atoms with E-state index >= 15 is 0 Å². The van der Waals surface area contributed by atoms with Crippen LogP contribution in [0.25, 0.3) is 11.3 Å². The van der Waals surface area contributed by atoms with E-state index in [4.69, 9.17) is 13.6 Å². The van der Waals surface area contributed by atoms with E-state index in [1.54, 1.807) is 18.2 Å². The number of rotatable bonds is 7. The molecular formula is C19H16N2O7. The van der Waals surface area contributed by atoms with Gasteiger partial charge in [0.1, 0.15) is 11.5 Å². The third kappa shape index (κ3) is 4.44. The summed E-state index contributed by atoms with van der Waals surface area (Å²) in [6.07, 6.45) is 0.458. The van der Waals surface area contributed by atoms with Crippen molar-refractivity contribution < 1.29 is 28.1 Å². The van der Waals surface area contributed by atoms with Gasteiger partial charge in [-0.05, 0) is 43.3 Å². The van der Waals surface area contributed by atoms with E-state index in [1.165, 1.54) is 43.5 Å². The fourth-order valence-corrected chi connectivity index (χ4v) is 2.35. The van der Waals surface area contributed by atoms with Crippen molar-refractivity contribution in [2.24, 2.45) is 0 Å². The van der Waals surface area contributed by atoms with Crippen LogP contribution in [0.2, 0.25) is 0 Å². The van der Waals surface area contributed by atoms with Gasteiger partial charge in [-0.2, -0.15) is 0 Å². The van der Waals surface area contributed by atoms with E-state index in [-0.39, 0.29) is 18.0 Å². The van der Waals surface area contributed by atoms with Gasteiger partial charge in [0, 0.05) is 17.7 Å². The lowest BCUT2D eigenvalue weighted by Crippen LogP contribution is -2.35. The average molecular weight is 384 g/mol. The minimum atomic E-state index is -1.03. The predicted octanol–water partition coefficient (Wildman–Crippen LogP) is 3.31. The summed E-state index contributed by atoms with van der Waals surface area (Å²) in [5.41, 5.74) is 0.512. The molecule has 3 rings (SSSR count). The highest BCUT2D eigenvalue weighted by molar-refractivity contribution is 5.90. The molecule has 9 nitrogen and oxygen atoms in total. The van der Waals surface area contributed by atoms with Gasteiger partial charge in [-0.15, -0.1) is 0 Å². The summed E-state index contributed by atoms with van der Waals surface area (Å²) < 4.78 is 15.6. The van der Waals surface area contributed by atoms with Crippen LogP contribution < -0.4 is 5.32 Å². The van der Waals surface area contributed by atoms with Gasteiger partial charge in [-0.3, -0.25) is 14.9 Å². The van der Waals surface area contributed by atoms with E-state index in [0.717, 1.165) is 0 Å². The molecule has 2 aromatic heterocycles. The average Bonchev–Trinajstić information content (AvgIpc) is 3.38. The number of benzene rings is 1. The number of nitro benzene ring substituents is 1. The number of ether oxygens (including phenoxy) is 1. The first-order chi connectivity index (χ1) is 13.4. The van der Waals surface area contributed by atoms with Gasteiger partial charge < -0.3 is 18.9 Å². The molecule has 0 aliphatic carbocycles. The predicted molar refractivity (Wildman–Crippen MR) is 96.2 cm³/mol. The quantitative estimate of drug-likeness (QED) is 0.376. The van der Waals surface area contributed by atoms with Gasteiger partial charge in [-0.25, -0.2) is 4.79 Å². The Morgan fingerprint density at radius 1 is 1.18 bits per heavy atom. The largest absolute Gasteiger partial charge is 0.467 e. The number of carbonyl (C=O) groups excluding carboxylic acids is 2. The molecule has 1 aromatic carbocycles. The van der Waals surface area contributed by atoms with Crippen LogP contribution in [0.5, 0.6) is 0 Å². The second kappa shape index (κ2) is 8.21. The summed E-state index contributed by atoms with van der Waals surface area (Å²) in [5, 5.41) is 13.3. The molecule has 0 aliphatic heterocycles. The zero-order chi connectivity index (χ0) is 20.1. The summed E-state index contributed by atoms with van der Waals surface area (Å²) in [6, 6.07) is 12.0. The molecule has 1 N–H and O–H groups in total. The molecule has 0 saturated heterocycles. The maximum Gasteiger partial charge on any atom is 0.375 e. The highest BCUT2D eigenvalue weighted by atomic mass is 16.6. The third-order valence-electron chi connectivity index (χ3n) is 3.84. The van der Waals surface area contributed by atoms with E-state index in [1.807, 2.05) is 0 Å². The van der Waals surface area contributed by atoms with Crippen molar-refractivity contribution in [1.82, 2.24) is 5.32 Å². The summed E-state index contributed by atoms with van der Waals surface area (Å²) in [4.78, 5) is 34.4. The highest BCUT2D eigenvalue weighted by Gasteiger charge is 2.21. The molecule has 2 heterocycles. The number of nitro groups is 1. The molecule has 28 heavy (non-hydrogen) atoms. The Morgan fingerprint density at radius 2 is 1.93 bits per heavy atom. The molecule has 3 aromatic rings. The maximum absolute atomic E-state index is 12.2. The Balaban J connectivity index is 1.58. The van der Waals surface area contributed by atoms with Crippen LogP contribution in [0.1, 0.15) is 23.2 Å². The van der Waals surface area contributed by atoms with Crippen molar-refractivity contribution in [2.75, 3.05) is 0 Å². The first-order valence-electron chi connectivity index (χ1n) is 8.30. The molecule has 0 spiro atoms. The van der Waals surface area contributed by atoms with Gasteiger partial charge in [-0.1, -0.05) is 0 Å². The van der Waals surface area contributed by atoms with Crippen molar-refractivity contribution in [2.45, 2.75) is 19.6 Å². The lowest BCUT2D eigenvalue weighted by molar-refractivity contribution is -0.384. The number of nitrogens with one attached hydrogen (secondary N) is 1. The van der Waals surface area contributed by atoms with Crippen LogP contribution in [0.15, 0.2) is 63.6 Å². The van der Waals surface area contributed by atoms with Crippen LogP contribution >= 0.6 is 0 Å². The molecule has 1 unspecified atom stereocenters. The SMILES string of the molecule is CC(OC(=O)c1ccc(-c2ccc([N+](=O)[O-])cc2)o1)C(=O)NCc1ccco1. The van der Waals surface area contributed by atoms with Crippen LogP contribution in [-0.2, 0) is 16.1 Å². The Kier molecular flexibility index (Phi) is 5.54. The van der Waals surface area contributed by atoms with Crippen LogP contribution in [0, 0.1) is 10.1 Å². The molecule has 0 aliphatic rings. The fourth-order valence-electron chi connectivity index (χ4n) is 2.35. The highest BCUT2D eigenvalue weighted by Crippen LogP contribution is 2.25. The second-order valence-corrected chi connectivity index (χ2v) is 5.81. The second-order valence-electron chi connectivity index (χ2n) is 5.81. The minimum Gasteiger partial charge on any atom is -0.467 e. The van der Waals surface area contributed by atoms with E-state index in [2.05, 4.69) is 5.32 Å². The summed E-state index contributed by atoms with van der Waals surface area (Å²) in [5.74, 6) is -0.442. The number of amides is 1. The van der Waals surface area contributed by atoms with Crippen LogP contribution in [0.3, 0.4) is 0 Å². The Morgan fingerprint density at radius 3 is 2.57 bits per heavy atom. The molecule has 0 bridgehead atoms. The van der Waals surface area contributed by atoms with Crippen molar-refractivity contribution >= 4 is 17.6 Å².